The average Bonchev–Trinajstić information content (AvgIpc) is 3.37. The summed E-state index contributed by atoms with van der Waals surface area (Å²) < 4.78 is 0. The zero-order valence-electron chi connectivity index (χ0n) is 12.7. The molecule has 2 aromatic carbocycles. The molecular weight excluding hydrogens is 292 g/mol. The highest BCUT2D eigenvalue weighted by Crippen LogP contribution is 2.44. The van der Waals surface area contributed by atoms with Gasteiger partial charge in [-0.2, -0.15) is 0 Å². The summed E-state index contributed by atoms with van der Waals surface area (Å²) in [5, 5.41) is 0.825. The molecule has 0 aromatic heterocycles. The molecule has 22 heavy (non-hydrogen) atoms. The first-order valence-electron chi connectivity index (χ1n) is 8.11. The molecule has 3 heteroatoms. The smallest absolute Gasteiger partial charge is 0.0426 e. The largest absolute Gasteiger partial charge is 0.369 e. The van der Waals surface area contributed by atoms with E-state index >= 15 is 0 Å². The van der Waals surface area contributed by atoms with Crippen molar-refractivity contribution in [3.8, 4) is 0 Å². The van der Waals surface area contributed by atoms with E-state index in [0.717, 1.165) is 43.2 Å². The van der Waals surface area contributed by atoms with Crippen molar-refractivity contribution in [2.75, 3.05) is 31.1 Å². The first-order chi connectivity index (χ1) is 10.8. The molecule has 114 valence electrons. The average molecular weight is 313 g/mol. The second-order valence-corrected chi connectivity index (χ2v) is 6.76. The Morgan fingerprint density at radius 2 is 1.64 bits per heavy atom. The summed E-state index contributed by atoms with van der Waals surface area (Å²) in [5.74, 6) is 0.749. The number of piperazine rings is 1. The van der Waals surface area contributed by atoms with Crippen molar-refractivity contribution in [2.45, 2.75) is 18.4 Å². The van der Waals surface area contributed by atoms with Crippen molar-refractivity contribution in [1.82, 2.24) is 4.90 Å². The Kier molecular flexibility index (Phi) is 3.81. The van der Waals surface area contributed by atoms with E-state index in [0.29, 0.717) is 0 Å². The van der Waals surface area contributed by atoms with Gasteiger partial charge < -0.3 is 4.90 Å². The highest BCUT2D eigenvalue weighted by atomic mass is 35.5. The summed E-state index contributed by atoms with van der Waals surface area (Å²) >= 11 is 6.10. The lowest BCUT2D eigenvalue weighted by Crippen LogP contribution is -2.47. The van der Waals surface area contributed by atoms with Crippen LogP contribution in [0.25, 0.3) is 0 Å². The maximum absolute atomic E-state index is 6.10. The first kappa shape index (κ1) is 14.1. The minimum absolute atomic E-state index is 0.749. The van der Waals surface area contributed by atoms with Crippen LogP contribution in [-0.4, -0.2) is 37.1 Å². The maximum atomic E-state index is 6.10. The topological polar surface area (TPSA) is 6.48 Å². The van der Waals surface area contributed by atoms with Crippen LogP contribution in [0, 0.1) is 0 Å². The minimum atomic E-state index is 0.749. The second kappa shape index (κ2) is 5.94. The van der Waals surface area contributed by atoms with Crippen LogP contribution in [0.3, 0.4) is 0 Å². The quantitative estimate of drug-likeness (QED) is 0.844. The molecule has 2 aliphatic rings. The van der Waals surface area contributed by atoms with E-state index in [-0.39, 0.29) is 0 Å². The summed E-state index contributed by atoms with van der Waals surface area (Å²) in [6, 6.07) is 19.9. The van der Waals surface area contributed by atoms with Crippen LogP contribution >= 0.6 is 11.6 Å². The van der Waals surface area contributed by atoms with E-state index < -0.39 is 0 Å². The van der Waals surface area contributed by atoms with E-state index in [2.05, 4.69) is 52.3 Å². The van der Waals surface area contributed by atoms with Gasteiger partial charge in [0.15, 0.2) is 0 Å². The molecule has 0 amide bonds. The summed E-state index contributed by atoms with van der Waals surface area (Å²) in [6.45, 7) is 4.50. The molecular formula is C19H21ClN2. The zero-order chi connectivity index (χ0) is 14.9. The highest BCUT2D eigenvalue weighted by molar-refractivity contribution is 6.30. The molecule has 1 aliphatic heterocycles. The number of nitrogens with zero attached hydrogens (tertiary/aromatic N) is 2. The molecule has 0 unspecified atom stereocenters. The number of hydrogen-bond donors (Lipinski definition) is 0. The van der Waals surface area contributed by atoms with Gasteiger partial charge in [0.25, 0.3) is 0 Å². The third kappa shape index (κ3) is 2.86. The second-order valence-electron chi connectivity index (χ2n) is 6.32. The normalized spacial score (nSPS) is 25.2. The van der Waals surface area contributed by atoms with Crippen molar-refractivity contribution in [3.05, 3.63) is 65.2 Å². The van der Waals surface area contributed by atoms with Crippen molar-refractivity contribution >= 4 is 17.3 Å². The Morgan fingerprint density at radius 1 is 0.864 bits per heavy atom. The lowest BCUT2D eigenvalue weighted by Gasteiger charge is -2.36. The Morgan fingerprint density at radius 3 is 2.36 bits per heavy atom. The molecule has 0 radical (unpaired) electrons. The summed E-state index contributed by atoms with van der Waals surface area (Å²) in [7, 11) is 0. The van der Waals surface area contributed by atoms with E-state index in [4.69, 9.17) is 11.6 Å². The summed E-state index contributed by atoms with van der Waals surface area (Å²) in [5.41, 5.74) is 2.76. The Labute approximate surface area is 137 Å². The van der Waals surface area contributed by atoms with Gasteiger partial charge in [-0.1, -0.05) is 48.0 Å². The van der Waals surface area contributed by atoms with E-state index in [1.54, 1.807) is 0 Å². The van der Waals surface area contributed by atoms with Gasteiger partial charge >= 0.3 is 0 Å². The molecule has 4 rings (SSSR count). The third-order valence-electron chi connectivity index (χ3n) is 4.94. The number of anilines is 1. The first-order valence-corrected chi connectivity index (χ1v) is 8.48. The van der Waals surface area contributed by atoms with Crippen LogP contribution < -0.4 is 4.90 Å². The molecule has 0 spiro atoms. The predicted octanol–water partition coefficient (Wildman–Crippen LogP) is 4.02. The Hall–Kier alpha value is -1.51. The minimum Gasteiger partial charge on any atom is -0.369 e. The highest BCUT2D eigenvalue weighted by Gasteiger charge is 2.43. The van der Waals surface area contributed by atoms with Crippen LogP contribution in [0.1, 0.15) is 17.9 Å². The fraction of sp³-hybridized carbons (Fsp3) is 0.368. The van der Waals surface area contributed by atoms with Crippen LogP contribution in [0.2, 0.25) is 5.02 Å². The molecule has 2 nitrogen and oxygen atoms in total. The monoisotopic (exact) mass is 312 g/mol. The third-order valence-corrected chi connectivity index (χ3v) is 5.18. The van der Waals surface area contributed by atoms with Gasteiger partial charge in [-0.05, 0) is 30.2 Å². The number of benzene rings is 2. The molecule has 2 aromatic rings. The Balaban J connectivity index is 1.35. The SMILES string of the molecule is Clc1cccc(N2CCN([C@H]3C[C@@H]3c3ccccc3)CC2)c1. The van der Waals surface area contributed by atoms with Crippen molar-refractivity contribution in [3.63, 3.8) is 0 Å². The zero-order valence-corrected chi connectivity index (χ0v) is 13.4. The lowest BCUT2D eigenvalue weighted by atomic mass is 10.1. The molecule has 2 atom stereocenters. The van der Waals surface area contributed by atoms with Crippen LogP contribution in [0.5, 0.6) is 0 Å². The summed E-state index contributed by atoms with van der Waals surface area (Å²) in [6.07, 6.45) is 1.32. The van der Waals surface area contributed by atoms with Gasteiger partial charge in [0, 0.05) is 48.8 Å². The molecule has 1 saturated heterocycles. The van der Waals surface area contributed by atoms with Crippen molar-refractivity contribution in [1.29, 1.82) is 0 Å². The van der Waals surface area contributed by atoms with Crippen LogP contribution in [0.4, 0.5) is 5.69 Å². The maximum Gasteiger partial charge on any atom is 0.0426 e. The van der Waals surface area contributed by atoms with Crippen molar-refractivity contribution in [2.24, 2.45) is 0 Å². The fourth-order valence-corrected chi connectivity index (χ4v) is 3.81. The summed E-state index contributed by atoms with van der Waals surface area (Å²) in [4.78, 5) is 5.11. The van der Waals surface area contributed by atoms with Gasteiger partial charge in [0.1, 0.15) is 0 Å². The molecule has 1 aliphatic carbocycles. The van der Waals surface area contributed by atoms with E-state index in [1.165, 1.54) is 17.7 Å². The standard InChI is InChI=1S/C19H21ClN2/c20-16-7-4-8-17(13-16)21-9-11-22(12-10-21)19-14-18(19)15-5-2-1-3-6-15/h1-8,13,18-19H,9-12,14H2/t18-,19+/m1/s1. The van der Waals surface area contributed by atoms with Gasteiger partial charge in [0.05, 0.1) is 0 Å². The molecule has 2 fully saturated rings. The van der Waals surface area contributed by atoms with Crippen LogP contribution in [0.15, 0.2) is 54.6 Å². The van der Waals surface area contributed by atoms with Gasteiger partial charge in [-0.15, -0.1) is 0 Å². The lowest BCUT2D eigenvalue weighted by molar-refractivity contribution is 0.244. The molecule has 0 bridgehead atoms. The van der Waals surface area contributed by atoms with Gasteiger partial charge in [-0.25, -0.2) is 0 Å². The Bertz CT molecular complexity index is 635. The fourth-order valence-electron chi connectivity index (χ4n) is 3.63. The van der Waals surface area contributed by atoms with E-state index in [1.807, 2.05) is 12.1 Å². The molecule has 1 saturated carbocycles. The van der Waals surface area contributed by atoms with E-state index in [9.17, 15) is 0 Å². The number of halogens is 1. The van der Waals surface area contributed by atoms with Gasteiger partial charge in [0.2, 0.25) is 0 Å². The van der Waals surface area contributed by atoms with Crippen LogP contribution in [-0.2, 0) is 0 Å². The molecule has 1 heterocycles. The van der Waals surface area contributed by atoms with Gasteiger partial charge in [-0.3, -0.25) is 4.90 Å². The van der Waals surface area contributed by atoms with Crippen molar-refractivity contribution < 1.29 is 0 Å². The predicted molar refractivity (Wildman–Crippen MR) is 92.8 cm³/mol. The number of hydrogen-bond acceptors (Lipinski definition) is 2. The number of rotatable bonds is 3. The molecule has 0 N–H and O–H groups in total.